The molecule has 6 nitrogen and oxygen atoms in total. The zero-order chi connectivity index (χ0) is 35.9. The van der Waals surface area contributed by atoms with E-state index in [9.17, 15) is 14.7 Å². The highest BCUT2D eigenvalue weighted by Crippen LogP contribution is 2.15. The van der Waals surface area contributed by atoms with E-state index in [-0.39, 0.29) is 31.6 Å². The molecule has 0 bridgehead atoms. The van der Waals surface area contributed by atoms with Crippen LogP contribution in [-0.2, 0) is 19.1 Å². The van der Waals surface area contributed by atoms with Crippen molar-refractivity contribution < 1.29 is 29.3 Å². The van der Waals surface area contributed by atoms with Crippen LogP contribution in [0.4, 0.5) is 0 Å². The van der Waals surface area contributed by atoms with E-state index in [1.807, 2.05) is 0 Å². The molecule has 0 aromatic heterocycles. The smallest absolute Gasteiger partial charge is 0.306 e. The minimum Gasteiger partial charge on any atom is -0.462 e. The van der Waals surface area contributed by atoms with Gasteiger partial charge in [-0.2, -0.15) is 0 Å². The Labute approximate surface area is 301 Å². The topological polar surface area (TPSA) is 93.1 Å². The molecule has 0 unspecified atom stereocenters. The number of hydrogen-bond donors (Lipinski definition) is 2. The number of unbranched alkanes of at least 4 members (excludes halogenated alkanes) is 17. The van der Waals surface area contributed by atoms with Crippen LogP contribution >= 0.6 is 0 Å². The van der Waals surface area contributed by atoms with Crippen LogP contribution in [0, 0.1) is 5.92 Å². The number of hydrogen-bond acceptors (Lipinski definition) is 6. The highest BCUT2D eigenvalue weighted by atomic mass is 16.6. The molecular formula is C43H76O6. The van der Waals surface area contributed by atoms with Crippen molar-refractivity contribution in [2.45, 2.75) is 187 Å². The third-order valence-electron chi connectivity index (χ3n) is 8.61. The number of rotatable bonds is 36. The largest absolute Gasteiger partial charge is 0.462 e. The lowest BCUT2D eigenvalue weighted by molar-refractivity contribution is -0.161. The first kappa shape index (κ1) is 46.8. The molecule has 0 saturated carbocycles. The second-order valence-electron chi connectivity index (χ2n) is 13.9. The van der Waals surface area contributed by atoms with Gasteiger partial charge in [0, 0.05) is 19.4 Å². The summed E-state index contributed by atoms with van der Waals surface area (Å²) >= 11 is 0. The number of aliphatic hydroxyl groups is 2. The highest BCUT2D eigenvalue weighted by molar-refractivity contribution is 5.70. The number of carbonyl (C=O) groups is 2. The van der Waals surface area contributed by atoms with Gasteiger partial charge in [-0.3, -0.25) is 9.59 Å². The van der Waals surface area contributed by atoms with Crippen molar-refractivity contribution in [1.82, 2.24) is 0 Å². The predicted molar refractivity (Wildman–Crippen MR) is 206 cm³/mol. The summed E-state index contributed by atoms with van der Waals surface area (Å²) < 4.78 is 10.6. The van der Waals surface area contributed by atoms with Crippen LogP contribution in [0.3, 0.4) is 0 Å². The van der Waals surface area contributed by atoms with Crippen LogP contribution in [0.25, 0.3) is 0 Å². The van der Waals surface area contributed by atoms with Gasteiger partial charge < -0.3 is 19.7 Å². The molecule has 0 radical (unpaired) electrons. The van der Waals surface area contributed by atoms with Gasteiger partial charge in [-0.05, 0) is 63.7 Å². The molecule has 284 valence electrons. The lowest BCUT2D eigenvalue weighted by atomic mass is 10.0. The van der Waals surface area contributed by atoms with Crippen LogP contribution in [0.2, 0.25) is 0 Å². The third-order valence-corrected chi connectivity index (χ3v) is 8.61. The molecule has 0 amide bonds. The van der Waals surface area contributed by atoms with E-state index in [0.29, 0.717) is 19.4 Å². The zero-order valence-electron chi connectivity index (χ0n) is 31.8. The zero-order valence-corrected chi connectivity index (χ0v) is 31.8. The minimum atomic E-state index is -0.806. The molecule has 49 heavy (non-hydrogen) atoms. The molecular weight excluding hydrogens is 612 g/mol. The van der Waals surface area contributed by atoms with E-state index >= 15 is 0 Å². The summed E-state index contributed by atoms with van der Waals surface area (Å²) in [6.07, 6.45) is 44.7. The van der Waals surface area contributed by atoms with E-state index in [0.717, 1.165) is 76.5 Å². The second kappa shape index (κ2) is 38.6. The third kappa shape index (κ3) is 38.5. The van der Waals surface area contributed by atoms with Crippen molar-refractivity contribution in [3.05, 3.63) is 48.6 Å². The first-order valence-electron chi connectivity index (χ1n) is 20.2. The molecule has 0 rings (SSSR count). The quantitative estimate of drug-likeness (QED) is 0.0387. The fraction of sp³-hybridized carbons (Fsp3) is 0.767. The first-order chi connectivity index (χ1) is 24.0. The summed E-state index contributed by atoms with van der Waals surface area (Å²) in [4.78, 5) is 24.2. The summed E-state index contributed by atoms with van der Waals surface area (Å²) in [7, 11) is 0. The van der Waals surface area contributed by atoms with Crippen LogP contribution < -0.4 is 0 Å². The number of carbonyl (C=O) groups excluding carboxylic acids is 2. The Kier molecular flexibility index (Phi) is 36.9. The summed E-state index contributed by atoms with van der Waals surface area (Å²) in [5.41, 5.74) is 0. The normalized spacial score (nSPS) is 12.8. The molecule has 0 aromatic rings. The van der Waals surface area contributed by atoms with Crippen molar-refractivity contribution >= 4 is 11.9 Å². The molecule has 0 spiro atoms. The molecule has 0 aromatic carbocycles. The number of allylic oxidation sites excluding steroid dienone is 8. The van der Waals surface area contributed by atoms with Gasteiger partial charge in [0.2, 0.25) is 0 Å². The van der Waals surface area contributed by atoms with Gasteiger partial charge in [0.1, 0.15) is 6.61 Å². The minimum absolute atomic E-state index is 0.0938. The Morgan fingerprint density at radius 2 is 0.939 bits per heavy atom. The van der Waals surface area contributed by atoms with E-state index in [4.69, 9.17) is 14.6 Å². The lowest BCUT2D eigenvalue weighted by Gasteiger charge is -2.15. The van der Waals surface area contributed by atoms with Crippen molar-refractivity contribution in [2.75, 3.05) is 19.8 Å². The van der Waals surface area contributed by atoms with E-state index in [2.05, 4.69) is 62.5 Å². The predicted octanol–water partition coefficient (Wildman–Crippen LogP) is 11.4. The Hall–Kier alpha value is -2.18. The summed E-state index contributed by atoms with van der Waals surface area (Å²) in [6.45, 7) is 4.46. The maximum absolute atomic E-state index is 12.1. The number of aliphatic hydroxyl groups excluding tert-OH is 2. The molecule has 0 heterocycles. The molecule has 0 saturated heterocycles. The van der Waals surface area contributed by atoms with Gasteiger partial charge >= 0.3 is 11.9 Å². The summed E-state index contributed by atoms with van der Waals surface area (Å²) in [5, 5.41) is 18.3. The van der Waals surface area contributed by atoms with Crippen LogP contribution in [-0.4, -0.2) is 48.1 Å². The maximum atomic E-state index is 12.1. The van der Waals surface area contributed by atoms with E-state index in [1.165, 1.54) is 77.0 Å². The lowest BCUT2D eigenvalue weighted by Crippen LogP contribution is -2.28. The van der Waals surface area contributed by atoms with Gasteiger partial charge in [0.25, 0.3) is 0 Å². The number of ether oxygens (including phenoxy) is 2. The van der Waals surface area contributed by atoms with Crippen molar-refractivity contribution in [1.29, 1.82) is 0 Å². The van der Waals surface area contributed by atoms with Crippen LogP contribution in [0.1, 0.15) is 181 Å². The molecule has 2 N–H and O–H groups in total. The number of esters is 2. The summed E-state index contributed by atoms with van der Waals surface area (Å²) in [6, 6.07) is 0. The molecule has 0 aliphatic carbocycles. The maximum Gasteiger partial charge on any atom is 0.306 e. The SMILES string of the molecule is CC(C)CCCCCCCCCCCCCCCCC(=O)OC[C@H](CO)OC(=O)CCC/C=C\C/C=C\C/C=C\C/C=C\CCCCCO. The molecule has 0 fully saturated rings. The van der Waals surface area contributed by atoms with Gasteiger partial charge in [-0.25, -0.2) is 0 Å². The Balaban J connectivity index is 3.64. The van der Waals surface area contributed by atoms with Crippen molar-refractivity contribution in [3.8, 4) is 0 Å². The molecule has 0 aliphatic heterocycles. The fourth-order valence-corrected chi connectivity index (χ4v) is 5.53. The van der Waals surface area contributed by atoms with Gasteiger partial charge in [0.15, 0.2) is 6.10 Å². The summed E-state index contributed by atoms with van der Waals surface area (Å²) in [5.74, 6) is 0.177. The Morgan fingerprint density at radius 1 is 0.510 bits per heavy atom. The van der Waals surface area contributed by atoms with E-state index < -0.39 is 6.10 Å². The van der Waals surface area contributed by atoms with Gasteiger partial charge in [-0.1, -0.05) is 159 Å². The van der Waals surface area contributed by atoms with Gasteiger partial charge in [0.05, 0.1) is 6.61 Å². The first-order valence-corrected chi connectivity index (χ1v) is 20.2. The average Bonchev–Trinajstić information content (AvgIpc) is 3.09. The fourth-order valence-electron chi connectivity index (χ4n) is 5.53. The monoisotopic (exact) mass is 689 g/mol. The highest BCUT2D eigenvalue weighted by Gasteiger charge is 2.16. The van der Waals surface area contributed by atoms with Gasteiger partial charge in [-0.15, -0.1) is 0 Å². The van der Waals surface area contributed by atoms with Crippen molar-refractivity contribution in [2.24, 2.45) is 5.92 Å². The average molecular weight is 689 g/mol. The van der Waals surface area contributed by atoms with Crippen LogP contribution in [0.15, 0.2) is 48.6 Å². The Morgan fingerprint density at radius 3 is 1.43 bits per heavy atom. The van der Waals surface area contributed by atoms with Crippen molar-refractivity contribution in [3.63, 3.8) is 0 Å². The Bertz CT molecular complexity index is 843. The standard InChI is InChI=1S/C43H76O6/c1-40(2)34-30-26-22-18-14-10-7-8-11-15-19-23-27-31-35-42(46)48-39-41(38-45)49-43(47)36-32-28-24-20-16-12-6-4-3-5-9-13-17-21-25-29-33-37-44/h3,5-6,12-13,17,20,24,40-41,44-45H,4,7-11,14-16,18-19,21-23,25-39H2,1-2H3/b5-3-,12-6-,17-13-,24-20-/t41-/m0/s1. The molecule has 1 atom stereocenters. The van der Waals surface area contributed by atoms with E-state index in [1.54, 1.807) is 0 Å². The van der Waals surface area contributed by atoms with Crippen LogP contribution in [0.5, 0.6) is 0 Å². The second-order valence-corrected chi connectivity index (χ2v) is 13.9. The molecule has 6 heteroatoms. The molecule has 0 aliphatic rings.